The predicted octanol–water partition coefficient (Wildman–Crippen LogP) is 3.48. The highest BCUT2D eigenvalue weighted by Gasteiger charge is 2.37. The SMILES string of the molecule is COc1ccc(CN[C@@H]2C[C@H]2c2ccccc2)c(F)c1. The summed E-state index contributed by atoms with van der Waals surface area (Å²) in [5, 5.41) is 3.42. The van der Waals surface area contributed by atoms with E-state index in [-0.39, 0.29) is 5.82 Å². The Balaban J connectivity index is 1.56. The van der Waals surface area contributed by atoms with Gasteiger partial charge in [0.1, 0.15) is 11.6 Å². The lowest BCUT2D eigenvalue weighted by Crippen LogP contribution is -2.18. The number of hydrogen-bond donors (Lipinski definition) is 1. The Hall–Kier alpha value is -1.87. The molecular formula is C17H18FNO. The van der Waals surface area contributed by atoms with Gasteiger partial charge in [-0.2, -0.15) is 0 Å². The average Bonchev–Trinajstić information content (AvgIpc) is 3.26. The molecule has 0 spiro atoms. The van der Waals surface area contributed by atoms with E-state index in [9.17, 15) is 4.39 Å². The molecule has 1 aliphatic rings. The molecule has 2 atom stereocenters. The molecule has 20 heavy (non-hydrogen) atoms. The van der Waals surface area contributed by atoms with Crippen LogP contribution in [0.5, 0.6) is 5.75 Å². The van der Waals surface area contributed by atoms with Crippen molar-refractivity contribution in [3.8, 4) is 5.75 Å². The highest BCUT2D eigenvalue weighted by Crippen LogP contribution is 2.40. The maximum atomic E-state index is 13.8. The summed E-state index contributed by atoms with van der Waals surface area (Å²) in [6.07, 6.45) is 1.13. The molecule has 0 bridgehead atoms. The number of halogens is 1. The largest absolute Gasteiger partial charge is 0.497 e. The van der Waals surface area contributed by atoms with Crippen LogP contribution in [0.25, 0.3) is 0 Å². The predicted molar refractivity (Wildman–Crippen MR) is 77.4 cm³/mol. The van der Waals surface area contributed by atoms with E-state index in [0.29, 0.717) is 29.8 Å². The van der Waals surface area contributed by atoms with Gasteiger partial charge in [0, 0.05) is 30.1 Å². The van der Waals surface area contributed by atoms with Crippen molar-refractivity contribution in [1.29, 1.82) is 0 Å². The lowest BCUT2D eigenvalue weighted by molar-refractivity contribution is 0.410. The zero-order valence-electron chi connectivity index (χ0n) is 11.5. The highest BCUT2D eigenvalue weighted by molar-refractivity contribution is 5.30. The Morgan fingerprint density at radius 1 is 1.20 bits per heavy atom. The fourth-order valence-electron chi connectivity index (χ4n) is 2.53. The molecule has 0 heterocycles. The third-order valence-corrected chi connectivity index (χ3v) is 3.83. The molecule has 0 radical (unpaired) electrons. The van der Waals surface area contributed by atoms with Crippen molar-refractivity contribution in [2.75, 3.05) is 7.11 Å². The number of ether oxygens (including phenoxy) is 1. The number of benzene rings is 2. The van der Waals surface area contributed by atoms with Gasteiger partial charge in [-0.25, -0.2) is 4.39 Å². The van der Waals surface area contributed by atoms with Crippen LogP contribution in [0, 0.1) is 5.82 Å². The molecule has 2 aromatic rings. The van der Waals surface area contributed by atoms with E-state index in [0.717, 1.165) is 6.42 Å². The van der Waals surface area contributed by atoms with E-state index in [4.69, 9.17) is 4.74 Å². The molecule has 0 aromatic heterocycles. The Kier molecular flexibility index (Phi) is 3.70. The number of methoxy groups -OCH3 is 1. The first-order valence-electron chi connectivity index (χ1n) is 6.88. The summed E-state index contributed by atoms with van der Waals surface area (Å²) >= 11 is 0. The van der Waals surface area contributed by atoms with Gasteiger partial charge in [0.2, 0.25) is 0 Å². The summed E-state index contributed by atoms with van der Waals surface area (Å²) in [5.41, 5.74) is 2.05. The third-order valence-electron chi connectivity index (χ3n) is 3.83. The zero-order valence-corrected chi connectivity index (χ0v) is 11.5. The van der Waals surface area contributed by atoms with Crippen molar-refractivity contribution >= 4 is 0 Å². The maximum Gasteiger partial charge on any atom is 0.131 e. The van der Waals surface area contributed by atoms with Gasteiger partial charge in [-0.3, -0.25) is 0 Å². The molecule has 3 heteroatoms. The van der Waals surface area contributed by atoms with Crippen LogP contribution >= 0.6 is 0 Å². The van der Waals surface area contributed by atoms with Gasteiger partial charge in [0.15, 0.2) is 0 Å². The summed E-state index contributed by atoms with van der Waals surface area (Å²) in [4.78, 5) is 0. The van der Waals surface area contributed by atoms with Crippen molar-refractivity contribution in [1.82, 2.24) is 5.32 Å². The van der Waals surface area contributed by atoms with Crippen LogP contribution < -0.4 is 10.1 Å². The average molecular weight is 271 g/mol. The molecule has 0 unspecified atom stereocenters. The van der Waals surface area contributed by atoms with Crippen LogP contribution in [-0.4, -0.2) is 13.2 Å². The molecule has 2 aromatic carbocycles. The normalized spacial score (nSPS) is 20.7. The second kappa shape index (κ2) is 5.63. The molecule has 2 nitrogen and oxygen atoms in total. The minimum absolute atomic E-state index is 0.214. The van der Waals surface area contributed by atoms with Gasteiger partial charge >= 0.3 is 0 Å². The van der Waals surface area contributed by atoms with Crippen LogP contribution in [0.1, 0.15) is 23.5 Å². The van der Waals surface area contributed by atoms with E-state index in [1.54, 1.807) is 19.2 Å². The topological polar surface area (TPSA) is 21.3 Å². The van der Waals surface area contributed by atoms with Crippen molar-refractivity contribution < 1.29 is 9.13 Å². The van der Waals surface area contributed by atoms with E-state index < -0.39 is 0 Å². The van der Waals surface area contributed by atoms with Gasteiger partial charge in [-0.05, 0) is 18.1 Å². The molecule has 1 N–H and O–H groups in total. The Labute approximate surface area is 118 Å². The zero-order chi connectivity index (χ0) is 13.9. The Morgan fingerprint density at radius 3 is 2.70 bits per heavy atom. The standard InChI is InChI=1S/C17H18FNO/c1-20-14-8-7-13(16(18)9-14)11-19-17-10-15(17)12-5-3-2-4-6-12/h2-9,15,17,19H,10-11H2,1H3/t15-,17+/m0/s1. The van der Waals surface area contributed by atoms with E-state index in [1.807, 2.05) is 6.07 Å². The van der Waals surface area contributed by atoms with Crippen LogP contribution in [0.15, 0.2) is 48.5 Å². The maximum absolute atomic E-state index is 13.8. The molecule has 3 rings (SSSR count). The van der Waals surface area contributed by atoms with Gasteiger partial charge in [-0.15, -0.1) is 0 Å². The van der Waals surface area contributed by atoms with Gasteiger partial charge < -0.3 is 10.1 Å². The van der Waals surface area contributed by atoms with Crippen molar-refractivity contribution in [2.24, 2.45) is 0 Å². The molecular weight excluding hydrogens is 253 g/mol. The molecule has 1 saturated carbocycles. The van der Waals surface area contributed by atoms with Crippen LogP contribution in [0.4, 0.5) is 4.39 Å². The molecule has 0 saturated heterocycles. The number of rotatable bonds is 5. The van der Waals surface area contributed by atoms with Crippen LogP contribution in [-0.2, 0) is 6.54 Å². The first-order valence-corrected chi connectivity index (χ1v) is 6.88. The fourth-order valence-corrected chi connectivity index (χ4v) is 2.53. The first-order chi connectivity index (χ1) is 9.78. The summed E-state index contributed by atoms with van der Waals surface area (Å²) < 4.78 is 18.8. The second-order valence-electron chi connectivity index (χ2n) is 5.20. The van der Waals surface area contributed by atoms with Crippen LogP contribution in [0.2, 0.25) is 0 Å². The van der Waals surface area contributed by atoms with E-state index in [2.05, 4.69) is 29.6 Å². The summed E-state index contributed by atoms with van der Waals surface area (Å²) in [7, 11) is 1.54. The summed E-state index contributed by atoms with van der Waals surface area (Å²) in [6.45, 7) is 0.559. The van der Waals surface area contributed by atoms with Crippen molar-refractivity contribution in [3.05, 3.63) is 65.5 Å². The molecule has 0 amide bonds. The molecule has 0 aliphatic heterocycles. The quantitative estimate of drug-likeness (QED) is 0.899. The van der Waals surface area contributed by atoms with E-state index >= 15 is 0 Å². The minimum Gasteiger partial charge on any atom is -0.497 e. The summed E-state index contributed by atoms with van der Waals surface area (Å²) in [6, 6.07) is 15.9. The number of nitrogens with one attached hydrogen (secondary N) is 1. The van der Waals surface area contributed by atoms with Gasteiger partial charge in [-0.1, -0.05) is 36.4 Å². The lowest BCUT2D eigenvalue weighted by atomic mass is 10.1. The monoisotopic (exact) mass is 271 g/mol. The van der Waals surface area contributed by atoms with Crippen LogP contribution in [0.3, 0.4) is 0 Å². The smallest absolute Gasteiger partial charge is 0.131 e. The third kappa shape index (κ3) is 2.83. The van der Waals surface area contributed by atoms with Crippen molar-refractivity contribution in [2.45, 2.75) is 24.9 Å². The second-order valence-corrected chi connectivity index (χ2v) is 5.20. The molecule has 1 aliphatic carbocycles. The Bertz CT molecular complexity index is 585. The molecule has 104 valence electrons. The van der Waals surface area contributed by atoms with Crippen molar-refractivity contribution in [3.63, 3.8) is 0 Å². The lowest BCUT2D eigenvalue weighted by Gasteiger charge is -2.07. The van der Waals surface area contributed by atoms with Gasteiger partial charge in [0.05, 0.1) is 7.11 Å². The first kappa shape index (κ1) is 13.1. The fraction of sp³-hybridized carbons (Fsp3) is 0.294. The van der Waals surface area contributed by atoms with E-state index in [1.165, 1.54) is 11.6 Å². The van der Waals surface area contributed by atoms with Gasteiger partial charge in [0.25, 0.3) is 0 Å². The molecule has 1 fully saturated rings. The summed E-state index contributed by atoms with van der Waals surface area (Å²) in [5.74, 6) is 0.908. The Morgan fingerprint density at radius 2 is 2.00 bits per heavy atom. The minimum atomic E-state index is -0.214. The number of hydrogen-bond acceptors (Lipinski definition) is 2. The highest BCUT2D eigenvalue weighted by atomic mass is 19.1.